The quantitative estimate of drug-likeness (QED) is 0.127. The summed E-state index contributed by atoms with van der Waals surface area (Å²) >= 11 is 1.80. The van der Waals surface area contributed by atoms with E-state index in [0.29, 0.717) is 11.1 Å². The molecule has 0 atom stereocenters. The van der Waals surface area contributed by atoms with Gasteiger partial charge in [-0.15, -0.1) is 65.4 Å². The van der Waals surface area contributed by atoms with Crippen LogP contribution in [0.5, 0.6) is 0 Å². The fourth-order valence-electron chi connectivity index (χ4n) is 7.89. The summed E-state index contributed by atoms with van der Waals surface area (Å²) in [5.41, 5.74) is 10.3. The second-order valence-electron chi connectivity index (χ2n) is 16.0. The molecule has 11 aromatic rings. The van der Waals surface area contributed by atoms with Gasteiger partial charge in [-0.3, -0.25) is 4.98 Å². The third kappa shape index (κ3) is 7.33. The molecule has 4 heterocycles. The first-order chi connectivity index (χ1) is 29.9. The normalized spacial score (nSPS) is 12.6. The number of thiophene rings is 1. The maximum Gasteiger partial charge on any atom is 0.120 e. The zero-order valence-corrected chi connectivity index (χ0v) is 37.7. The van der Waals surface area contributed by atoms with Crippen molar-refractivity contribution < 1.29 is 28.6 Å². The van der Waals surface area contributed by atoms with Crippen molar-refractivity contribution in [3.8, 4) is 39.5 Å². The van der Waals surface area contributed by atoms with Gasteiger partial charge in [0.2, 0.25) is 0 Å². The van der Waals surface area contributed by atoms with Crippen molar-refractivity contribution in [1.29, 1.82) is 0 Å². The molecule has 0 bridgehead atoms. The fourth-order valence-corrected chi connectivity index (χ4v) is 10.0. The molecular weight excluding hydrogens is 947 g/mol. The molecule has 0 saturated carbocycles. The van der Waals surface area contributed by atoms with Crippen LogP contribution in [0.3, 0.4) is 0 Å². The van der Waals surface area contributed by atoms with E-state index in [1.807, 2.05) is 85.9 Å². The van der Waals surface area contributed by atoms with E-state index in [4.69, 9.17) is 13.5 Å². The molecule has 0 aliphatic rings. The van der Waals surface area contributed by atoms with E-state index in [9.17, 15) is 0 Å². The summed E-state index contributed by atoms with van der Waals surface area (Å²) < 4.78 is 35.1. The minimum Gasteiger partial charge on any atom is -0.501 e. The molecule has 60 heavy (non-hydrogen) atoms. The second kappa shape index (κ2) is 15.9. The SMILES string of the molecule is C[Si](C)(C)c1ccc(-c2[c-]cccc2)nc1.[2H]C([2H])([2H])c1cc(C)cc(-c2ccc3oc4c(-c5nc6ccccc6n5-c5ccc6sc7ccccc7c6c5)[c-]ccc4c3c2)c1.[Ir]. The predicted molar refractivity (Wildman–Crippen MR) is 252 cm³/mol. The van der Waals surface area contributed by atoms with Gasteiger partial charge in [0.1, 0.15) is 5.58 Å². The number of pyridine rings is 1. The van der Waals surface area contributed by atoms with Gasteiger partial charge in [0.25, 0.3) is 0 Å². The number of hydrogen-bond donors (Lipinski definition) is 0. The van der Waals surface area contributed by atoms with Crippen LogP contribution in [0.2, 0.25) is 19.6 Å². The smallest absolute Gasteiger partial charge is 0.120 e. The van der Waals surface area contributed by atoms with Gasteiger partial charge in [0.05, 0.1) is 30.5 Å². The number of aryl methyl sites for hydroxylation is 2. The number of fused-ring (bicyclic) bond motifs is 7. The van der Waals surface area contributed by atoms with Crippen LogP contribution in [0.25, 0.3) is 92.6 Å². The van der Waals surface area contributed by atoms with Gasteiger partial charge in [0, 0.05) is 61.7 Å². The third-order valence-electron chi connectivity index (χ3n) is 10.9. The van der Waals surface area contributed by atoms with E-state index in [2.05, 4.69) is 108 Å². The molecule has 11 rings (SSSR count). The van der Waals surface area contributed by atoms with Crippen LogP contribution < -0.4 is 5.19 Å². The Hall–Kier alpha value is -5.95. The van der Waals surface area contributed by atoms with Gasteiger partial charge in [-0.1, -0.05) is 108 Å². The summed E-state index contributed by atoms with van der Waals surface area (Å²) in [4.78, 5) is 9.66. The van der Waals surface area contributed by atoms with Crippen LogP contribution in [0.4, 0.5) is 0 Å². The molecule has 0 unspecified atom stereocenters. The average Bonchev–Trinajstić information content (AvgIpc) is 3.97. The Balaban J connectivity index is 0.000000251. The summed E-state index contributed by atoms with van der Waals surface area (Å²) in [5, 5.41) is 5.77. The molecule has 0 spiro atoms. The fraction of sp³-hybridized carbons (Fsp3) is 0.0943. The third-order valence-corrected chi connectivity index (χ3v) is 14.0. The van der Waals surface area contributed by atoms with Crippen LogP contribution in [0, 0.1) is 25.9 Å². The molecule has 0 amide bonds. The maximum atomic E-state index is 7.94. The molecular formula is C53H41IrN3OSSi-2. The molecule has 0 saturated heterocycles. The Labute approximate surface area is 372 Å². The number of benzene rings is 7. The van der Waals surface area contributed by atoms with E-state index in [0.717, 1.165) is 72.4 Å². The molecule has 0 aliphatic heterocycles. The Morgan fingerprint density at radius 1 is 0.683 bits per heavy atom. The van der Waals surface area contributed by atoms with E-state index in [-0.39, 0.29) is 20.1 Å². The largest absolute Gasteiger partial charge is 0.501 e. The van der Waals surface area contributed by atoms with Crippen LogP contribution >= 0.6 is 11.3 Å². The van der Waals surface area contributed by atoms with Gasteiger partial charge in [-0.05, 0) is 84.3 Å². The number of furan rings is 1. The summed E-state index contributed by atoms with van der Waals surface area (Å²) in [5.74, 6) is 0.756. The topological polar surface area (TPSA) is 43.9 Å². The zero-order valence-electron chi connectivity index (χ0n) is 36.5. The van der Waals surface area contributed by atoms with Crippen molar-refractivity contribution in [1.82, 2.24) is 14.5 Å². The first kappa shape index (κ1) is 35.9. The Morgan fingerprint density at radius 3 is 2.32 bits per heavy atom. The van der Waals surface area contributed by atoms with Crippen molar-refractivity contribution in [2.45, 2.75) is 33.4 Å². The van der Waals surface area contributed by atoms with Crippen molar-refractivity contribution in [2.24, 2.45) is 0 Å². The van der Waals surface area contributed by atoms with Crippen LogP contribution in [0.1, 0.15) is 15.2 Å². The molecule has 1 radical (unpaired) electrons. The van der Waals surface area contributed by atoms with Crippen molar-refractivity contribution in [2.75, 3.05) is 0 Å². The van der Waals surface area contributed by atoms with Gasteiger partial charge < -0.3 is 14.0 Å². The minimum absolute atomic E-state index is 0. The Kier molecular flexibility index (Phi) is 9.53. The number of nitrogens with zero attached hydrogens (tertiary/aromatic N) is 3. The first-order valence-corrected chi connectivity index (χ1v) is 24.0. The second-order valence-corrected chi connectivity index (χ2v) is 22.2. The molecule has 4 nitrogen and oxygen atoms in total. The zero-order chi connectivity index (χ0) is 42.8. The van der Waals surface area contributed by atoms with Gasteiger partial charge >= 0.3 is 0 Å². The summed E-state index contributed by atoms with van der Waals surface area (Å²) in [6, 6.07) is 57.7. The predicted octanol–water partition coefficient (Wildman–Crippen LogP) is 14.1. The molecule has 0 aliphatic carbocycles. The molecule has 0 N–H and O–H groups in total. The Morgan fingerprint density at radius 2 is 1.50 bits per heavy atom. The Bertz CT molecular complexity index is 3460. The molecule has 7 aromatic carbocycles. The summed E-state index contributed by atoms with van der Waals surface area (Å²) in [7, 11) is -1.23. The average molecular weight is 991 g/mol. The number of rotatable bonds is 5. The number of imidazole rings is 1. The van der Waals surface area contributed by atoms with E-state index < -0.39 is 14.9 Å². The first-order valence-electron chi connectivity index (χ1n) is 21.2. The molecule has 4 aromatic heterocycles. The maximum absolute atomic E-state index is 7.94. The van der Waals surface area contributed by atoms with Crippen LogP contribution in [-0.2, 0) is 20.1 Å². The minimum atomic E-state index is -2.18. The number of para-hydroxylation sites is 2. The number of hydrogen-bond acceptors (Lipinski definition) is 4. The van der Waals surface area contributed by atoms with Crippen LogP contribution in [0.15, 0.2) is 162 Å². The van der Waals surface area contributed by atoms with E-state index in [1.165, 1.54) is 25.4 Å². The van der Waals surface area contributed by atoms with Gasteiger partial charge in [0.15, 0.2) is 0 Å². The van der Waals surface area contributed by atoms with Gasteiger partial charge in [-0.2, -0.15) is 0 Å². The number of aromatic nitrogens is 3. The monoisotopic (exact) mass is 991 g/mol. The van der Waals surface area contributed by atoms with Crippen molar-refractivity contribution in [3.63, 3.8) is 0 Å². The van der Waals surface area contributed by atoms with E-state index in [1.54, 1.807) is 23.5 Å². The van der Waals surface area contributed by atoms with Crippen molar-refractivity contribution >= 4 is 77.7 Å². The molecule has 0 fully saturated rings. The van der Waals surface area contributed by atoms with Crippen LogP contribution in [-0.4, -0.2) is 22.6 Å². The summed E-state index contributed by atoms with van der Waals surface area (Å²) in [6.45, 7) is 6.75. The standard InChI is InChI=1S/C39H25N2OS.C14H16NSi.Ir/c1-23-18-24(2)20-26(19-23)25-14-16-35-31(21-25)29-9-7-10-30(38(29)42-35)39-40-33-11-4-5-12-34(33)41(39)27-15-17-37-32(22-27)28-8-3-6-13-36(28)43-37;1-16(2,3)13-9-10-14(15-11-13)12-7-5-4-6-8-12;/h3-9,11-22H,1-2H3;4-7,9-11H,1-3H3;/q2*-1;/i1D3;;. The van der Waals surface area contributed by atoms with E-state index >= 15 is 0 Å². The van der Waals surface area contributed by atoms with Gasteiger partial charge in [-0.25, -0.2) is 0 Å². The molecule has 295 valence electrons. The molecule has 7 heteroatoms. The van der Waals surface area contributed by atoms with Crippen molar-refractivity contribution in [3.05, 3.63) is 181 Å². The summed E-state index contributed by atoms with van der Waals surface area (Å²) in [6.07, 6.45) is 2.02.